The second kappa shape index (κ2) is 4.28. The molecule has 0 amide bonds. The van der Waals surface area contributed by atoms with Crippen molar-refractivity contribution in [1.82, 2.24) is 4.98 Å². The van der Waals surface area contributed by atoms with Gasteiger partial charge < -0.3 is 21.2 Å². The van der Waals surface area contributed by atoms with Gasteiger partial charge in [0, 0.05) is 18.3 Å². The van der Waals surface area contributed by atoms with E-state index in [1.807, 2.05) is 30.5 Å². The maximum atomic E-state index is 5.97. The topological polar surface area (TPSA) is 77.1 Å². The number of nitrogens with two attached hydrogens (primary N) is 2. The summed E-state index contributed by atoms with van der Waals surface area (Å²) in [6.45, 7) is 0.419. The van der Waals surface area contributed by atoms with Crippen LogP contribution < -0.4 is 16.2 Å². The molecule has 0 atom stereocenters. The molecule has 4 nitrogen and oxygen atoms in total. The summed E-state index contributed by atoms with van der Waals surface area (Å²) in [5.41, 5.74) is 15.1. The Morgan fingerprint density at radius 3 is 2.44 bits per heavy atom. The number of H-pyrrole nitrogens is 1. The van der Waals surface area contributed by atoms with E-state index in [1.165, 1.54) is 0 Å². The highest BCUT2D eigenvalue weighted by Crippen LogP contribution is 2.29. The lowest BCUT2D eigenvalue weighted by Gasteiger charge is -2.03. The van der Waals surface area contributed by atoms with Crippen molar-refractivity contribution in [3.63, 3.8) is 0 Å². The molecule has 1 aromatic carbocycles. The van der Waals surface area contributed by atoms with Gasteiger partial charge in [-0.3, -0.25) is 0 Å². The molecule has 0 spiro atoms. The summed E-state index contributed by atoms with van der Waals surface area (Å²) in [5, 5.41) is 0. The van der Waals surface area contributed by atoms with Crippen molar-refractivity contribution >= 4 is 5.69 Å². The normalized spacial score (nSPS) is 10.4. The minimum Gasteiger partial charge on any atom is -0.497 e. The highest BCUT2D eigenvalue weighted by atomic mass is 16.5. The third kappa shape index (κ3) is 1.75. The zero-order chi connectivity index (χ0) is 11.5. The lowest BCUT2D eigenvalue weighted by molar-refractivity contribution is 0.415. The Balaban J connectivity index is 2.38. The number of aromatic nitrogens is 1. The predicted molar refractivity (Wildman–Crippen MR) is 65.1 cm³/mol. The number of anilines is 1. The largest absolute Gasteiger partial charge is 0.497 e. The molecule has 0 saturated heterocycles. The summed E-state index contributed by atoms with van der Waals surface area (Å²) in [6, 6.07) is 7.76. The van der Waals surface area contributed by atoms with Gasteiger partial charge in [0.1, 0.15) is 5.75 Å². The Labute approximate surface area is 94.2 Å². The lowest BCUT2D eigenvalue weighted by atomic mass is 10.1. The molecule has 1 heterocycles. The molecule has 4 heteroatoms. The first-order chi connectivity index (χ1) is 7.76. The maximum absolute atomic E-state index is 5.97. The molecule has 2 aromatic rings. The molecular formula is C12H15N3O. The lowest BCUT2D eigenvalue weighted by Crippen LogP contribution is -2.00. The number of hydrogen-bond acceptors (Lipinski definition) is 3. The van der Waals surface area contributed by atoms with Gasteiger partial charge in [-0.15, -0.1) is 0 Å². The Kier molecular flexibility index (Phi) is 2.83. The van der Waals surface area contributed by atoms with Gasteiger partial charge in [0.15, 0.2) is 0 Å². The molecule has 0 bridgehead atoms. The third-order valence-corrected chi connectivity index (χ3v) is 2.61. The molecular weight excluding hydrogens is 202 g/mol. The van der Waals surface area contributed by atoms with E-state index in [-0.39, 0.29) is 0 Å². The third-order valence-electron chi connectivity index (χ3n) is 2.61. The van der Waals surface area contributed by atoms with Crippen LogP contribution in [-0.2, 0) is 6.54 Å². The average molecular weight is 217 g/mol. The second-order valence-corrected chi connectivity index (χ2v) is 3.53. The van der Waals surface area contributed by atoms with Crippen molar-refractivity contribution in [2.75, 3.05) is 12.8 Å². The van der Waals surface area contributed by atoms with E-state index in [1.54, 1.807) is 7.11 Å². The van der Waals surface area contributed by atoms with Crippen LogP contribution in [0.2, 0.25) is 0 Å². The van der Waals surface area contributed by atoms with Gasteiger partial charge in [0.2, 0.25) is 0 Å². The van der Waals surface area contributed by atoms with Gasteiger partial charge in [-0.05, 0) is 17.7 Å². The quantitative estimate of drug-likeness (QED) is 0.732. The Bertz CT molecular complexity index is 474. The van der Waals surface area contributed by atoms with Crippen LogP contribution in [0, 0.1) is 0 Å². The second-order valence-electron chi connectivity index (χ2n) is 3.53. The molecule has 0 aliphatic carbocycles. The smallest absolute Gasteiger partial charge is 0.118 e. The van der Waals surface area contributed by atoms with E-state index >= 15 is 0 Å². The zero-order valence-electron chi connectivity index (χ0n) is 9.16. The van der Waals surface area contributed by atoms with E-state index in [9.17, 15) is 0 Å². The van der Waals surface area contributed by atoms with Gasteiger partial charge in [0.05, 0.1) is 18.5 Å². The van der Waals surface area contributed by atoms with Crippen molar-refractivity contribution < 1.29 is 4.74 Å². The van der Waals surface area contributed by atoms with Gasteiger partial charge >= 0.3 is 0 Å². The van der Waals surface area contributed by atoms with Gasteiger partial charge in [0.25, 0.3) is 0 Å². The van der Waals surface area contributed by atoms with Crippen LogP contribution in [0.1, 0.15) is 5.69 Å². The minimum atomic E-state index is 0.419. The highest BCUT2D eigenvalue weighted by Gasteiger charge is 2.08. The number of ether oxygens (including phenoxy) is 1. The fraction of sp³-hybridized carbons (Fsp3) is 0.167. The van der Waals surface area contributed by atoms with Crippen molar-refractivity contribution in [2.45, 2.75) is 6.54 Å². The molecule has 84 valence electrons. The first kappa shape index (κ1) is 10.6. The molecule has 0 fully saturated rings. The molecule has 1 aromatic heterocycles. The summed E-state index contributed by atoms with van der Waals surface area (Å²) in [7, 11) is 1.65. The molecule has 0 saturated carbocycles. The number of benzene rings is 1. The fourth-order valence-electron chi connectivity index (χ4n) is 1.66. The van der Waals surface area contributed by atoms with Crippen LogP contribution in [-0.4, -0.2) is 12.1 Å². The molecule has 2 rings (SSSR count). The number of methoxy groups -OCH3 is 1. The number of aromatic amines is 1. The Hall–Kier alpha value is -1.94. The summed E-state index contributed by atoms with van der Waals surface area (Å²) in [6.07, 6.45) is 1.87. The molecule has 0 radical (unpaired) electrons. The Morgan fingerprint density at radius 1 is 1.25 bits per heavy atom. The van der Waals surface area contributed by atoms with Crippen molar-refractivity contribution in [1.29, 1.82) is 0 Å². The van der Waals surface area contributed by atoms with Crippen LogP contribution in [0.25, 0.3) is 11.1 Å². The van der Waals surface area contributed by atoms with Crippen LogP contribution in [0.3, 0.4) is 0 Å². The monoisotopic (exact) mass is 217 g/mol. The minimum absolute atomic E-state index is 0.419. The van der Waals surface area contributed by atoms with E-state index in [4.69, 9.17) is 16.2 Å². The molecule has 5 N–H and O–H groups in total. The predicted octanol–water partition coefficient (Wildman–Crippen LogP) is 1.73. The first-order valence-electron chi connectivity index (χ1n) is 5.06. The zero-order valence-corrected chi connectivity index (χ0v) is 9.16. The van der Waals surface area contributed by atoms with E-state index in [0.29, 0.717) is 12.2 Å². The summed E-state index contributed by atoms with van der Waals surface area (Å²) >= 11 is 0. The van der Waals surface area contributed by atoms with Crippen LogP contribution >= 0.6 is 0 Å². The highest BCUT2D eigenvalue weighted by molar-refractivity contribution is 5.78. The molecule has 0 unspecified atom stereocenters. The van der Waals surface area contributed by atoms with E-state index in [0.717, 1.165) is 22.6 Å². The molecule has 16 heavy (non-hydrogen) atoms. The molecule has 0 aliphatic heterocycles. The summed E-state index contributed by atoms with van der Waals surface area (Å²) in [5.74, 6) is 0.830. The van der Waals surface area contributed by atoms with E-state index < -0.39 is 0 Å². The van der Waals surface area contributed by atoms with Gasteiger partial charge in [-0.25, -0.2) is 0 Å². The van der Waals surface area contributed by atoms with E-state index in [2.05, 4.69) is 4.98 Å². The van der Waals surface area contributed by atoms with Crippen molar-refractivity contribution in [3.8, 4) is 16.9 Å². The Morgan fingerprint density at radius 2 is 1.94 bits per heavy atom. The number of nitrogen functional groups attached to an aromatic ring is 1. The molecule has 0 aliphatic rings. The van der Waals surface area contributed by atoms with Crippen LogP contribution in [0.15, 0.2) is 30.5 Å². The van der Waals surface area contributed by atoms with Gasteiger partial charge in [-0.2, -0.15) is 0 Å². The number of rotatable bonds is 3. The first-order valence-corrected chi connectivity index (χ1v) is 5.06. The fourth-order valence-corrected chi connectivity index (χ4v) is 1.66. The van der Waals surface area contributed by atoms with Crippen LogP contribution in [0.4, 0.5) is 5.69 Å². The summed E-state index contributed by atoms with van der Waals surface area (Å²) in [4.78, 5) is 3.07. The SMILES string of the molecule is COc1ccc(-c2c[nH]c(CN)c2N)cc1. The maximum Gasteiger partial charge on any atom is 0.118 e. The summed E-state index contributed by atoms with van der Waals surface area (Å²) < 4.78 is 5.10. The van der Waals surface area contributed by atoms with Crippen LogP contribution in [0.5, 0.6) is 5.75 Å². The number of hydrogen-bond donors (Lipinski definition) is 3. The van der Waals surface area contributed by atoms with Gasteiger partial charge in [-0.1, -0.05) is 12.1 Å². The van der Waals surface area contributed by atoms with Crippen molar-refractivity contribution in [2.24, 2.45) is 5.73 Å². The number of nitrogens with one attached hydrogen (secondary N) is 1. The van der Waals surface area contributed by atoms with Crippen molar-refractivity contribution in [3.05, 3.63) is 36.2 Å². The standard InChI is InChI=1S/C12H15N3O/c1-16-9-4-2-8(3-5-9)10-7-15-11(6-13)12(10)14/h2-5,7,15H,6,13-14H2,1H3. The average Bonchev–Trinajstić information content (AvgIpc) is 2.70.